The summed E-state index contributed by atoms with van der Waals surface area (Å²) in [6.45, 7) is 1.57. The third-order valence-electron chi connectivity index (χ3n) is 1.37. The number of nitrogens with two attached hydrogens (primary N) is 1. The fraction of sp³-hybridized carbons (Fsp3) is 0.875. The third kappa shape index (κ3) is 15.0. The maximum atomic E-state index is 11.1. The van der Waals surface area contributed by atoms with Gasteiger partial charge in [0.25, 0.3) is 0 Å². The van der Waals surface area contributed by atoms with Crippen LogP contribution in [0, 0.1) is 0 Å². The molecule has 88 valence electrons. The van der Waals surface area contributed by atoms with Crippen LogP contribution in [0.4, 0.5) is 0 Å². The van der Waals surface area contributed by atoms with Crippen LogP contribution in [-0.2, 0) is 4.79 Å². The van der Waals surface area contributed by atoms with E-state index in [0.717, 1.165) is 18.7 Å². The van der Waals surface area contributed by atoms with E-state index in [2.05, 4.69) is 4.90 Å². The molecule has 0 heterocycles. The highest BCUT2D eigenvalue weighted by Crippen LogP contribution is 2.06. The predicted molar refractivity (Wildman–Crippen MR) is 68.8 cm³/mol. The zero-order chi connectivity index (χ0) is 9.40. The van der Waals surface area contributed by atoms with Gasteiger partial charge in [0.05, 0.1) is 0 Å². The molecule has 0 aromatic carbocycles. The monoisotopic (exact) mass is 262 g/mol. The average Bonchev–Trinajstić information content (AvgIpc) is 2.00. The number of carbonyl (C=O) groups excluding carboxylic acids is 1. The van der Waals surface area contributed by atoms with Crippen molar-refractivity contribution in [1.82, 2.24) is 4.90 Å². The van der Waals surface area contributed by atoms with Crippen molar-refractivity contribution in [3.63, 3.8) is 0 Å². The minimum absolute atomic E-state index is 0. The van der Waals surface area contributed by atoms with Crippen molar-refractivity contribution in [2.45, 2.75) is 12.8 Å². The van der Waals surface area contributed by atoms with Gasteiger partial charge >= 0.3 is 0 Å². The van der Waals surface area contributed by atoms with Crippen LogP contribution in [0.5, 0.6) is 0 Å². The Labute approximate surface area is 103 Å². The van der Waals surface area contributed by atoms with Gasteiger partial charge in [-0.15, -0.1) is 24.8 Å². The van der Waals surface area contributed by atoms with E-state index in [4.69, 9.17) is 5.73 Å². The lowest BCUT2D eigenvalue weighted by atomic mass is 10.3. The molecule has 2 N–H and O–H groups in total. The number of hydrogen-bond donors (Lipinski definition) is 1. The molecule has 0 rings (SSSR count). The zero-order valence-corrected chi connectivity index (χ0v) is 11.1. The van der Waals surface area contributed by atoms with Crippen LogP contribution >= 0.6 is 36.6 Å². The summed E-state index contributed by atoms with van der Waals surface area (Å²) in [4.78, 5) is 13.2. The summed E-state index contributed by atoms with van der Waals surface area (Å²) in [5, 5.41) is 0.266. The SMILES string of the molecule is CN(C)CCCC(=O)SCCN.Cl.Cl. The van der Waals surface area contributed by atoms with E-state index in [0.29, 0.717) is 13.0 Å². The normalized spacial score (nSPS) is 9.14. The van der Waals surface area contributed by atoms with Crippen LogP contribution in [0.3, 0.4) is 0 Å². The van der Waals surface area contributed by atoms with Gasteiger partial charge in [-0.3, -0.25) is 4.79 Å². The third-order valence-corrected chi connectivity index (χ3v) is 2.33. The van der Waals surface area contributed by atoms with Crippen LogP contribution in [0.2, 0.25) is 0 Å². The van der Waals surface area contributed by atoms with Crippen molar-refractivity contribution in [1.29, 1.82) is 0 Å². The van der Waals surface area contributed by atoms with Crippen molar-refractivity contribution in [2.24, 2.45) is 5.73 Å². The number of thioether (sulfide) groups is 1. The van der Waals surface area contributed by atoms with Crippen molar-refractivity contribution in [3.05, 3.63) is 0 Å². The number of nitrogens with zero attached hydrogens (tertiary/aromatic N) is 1. The smallest absolute Gasteiger partial charge is 0.189 e. The molecule has 0 radical (unpaired) electrons. The standard InChI is InChI=1S/C8H18N2OS.2ClH/c1-10(2)6-3-4-8(11)12-7-5-9;;/h3-7,9H2,1-2H3;2*1H. The second-order valence-corrected chi connectivity index (χ2v) is 4.07. The largest absolute Gasteiger partial charge is 0.330 e. The van der Waals surface area contributed by atoms with E-state index in [1.165, 1.54) is 11.8 Å². The summed E-state index contributed by atoms with van der Waals surface area (Å²) < 4.78 is 0. The maximum absolute atomic E-state index is 11.1. The number of halogens is 2. The Morgan fingerprint density at radius 1 is 1.36 bits per heavy atom. The molecule has 0 aliphatic heterocycles. The molecule has 0 atom stereocenters. The summed E-state index contributed by atoms with van der Waals surface area (Å²) in [6.07, 6.45) is 1.62. The van der Waals surface area contributed by atoms with Crippen molar-refractivity contribution < 1.29 is 4.79 Å². The Bertz CT molecular complexity index is 137. The van der Waals surface area contributed by atoms with E-state index >= 15 is 0 Å². The van der Waals surface area contributed by atoms with Gasteiger partial charge in [0.2, 0.25) is 0 Å². The molecule has 0 unspecified atom stereocenters. The first-order valence-electron chi connectivity index (χ1n) is 4.17. The minimum Gasteiger partial charge on any atom is -0.330 e. The van der Waals surface area contributed by atoms with E-state index < -0.39 is 0 Å². The van der Waals surface area contributed by atoms with Gasteiger partial charge < -0.3 is 10.6 Å². The molecule has 0 bridgehead atoms. The van der Waals surface area contributed by atoms with Crippen molar-refractivity contribution >= 4 is 41.7 Å². The fourth-order valence-corrected chi connectivity index (χ4v) is 1.42. The summed E-state index contributed by atoms with van der Waals surface area (Å²) in [7, 11) is 4.02. The second kappa shape index (κ2) is 13.5. The fourth-order valence-electron chi connectivity index (χ4n) is 0.785. The van der Waals surface area contributed by atoms with Crippen LogP contribution in [-0.4, -0.2) is 43.0 Å². The van der Waals surface area contributed by atoms with Crippen LogP contribution in [0.25, 0.3) is 0 Å². The highest BCUT2D eigenvalue weighted by Gasteiger charge is 2.01. The zero-order valence-electron chi connectivity index (χ0n) is 8.69. The summed E-state index contributed by atoms with van der Waals surface area (Å²) in [5.41, 5.74) is 5.27. The Balaban J connectivity index is -0.000000605. The maximum Gasteiger partial charge on any atom is 0.189 e. The first-order valence-corrected chi connectivity index (χ1v) is 5.15. The Hall–Kier alpha value is 0.520. The molecule has 0 aromatic rings. The van der Waals surface area contributed by atoms with Crippen LogP contribution in [0.15, 0.2) is 0 Å². The molecule has 0 amide bonds. The van der Waals surface area contributed by atoms with Crippen molar-refractivity contribution in [2.75, 3.05) is 32.9 Å². The highest BCUT2D eigenvalue weighted by atomic mass is 35.5. The summed E-state index contributed by atoms with van der Waals surface area (Å²) in [5.74, 6) is 0.751. The van der Waals surface area contributed by atoms with Crippen LogP contribution in [0.1, 0.15) is 12.8 Å². The lowest BCUT2D eigenvalue weighted by molar-refractivity contribution is -0.111. The van der Waals surface area contributed by atoms with Gasteiger partial charge in [-0.05, 0) is 27.1 Å². The quantitative estimate of drug-likeness (QED) is 0.786. The highest BCUT2D eigenvalue weighted by molar-refractivity contribution is 8.13. The average molecular weight is 263 g/mol. The Morgan fingerprint density at radius 3 is 2.36 bits per heavy atom. The molecule has 6 heteroatoms. The van der Waals surface area contributed by atoms with Gasteiger partial charge in [-0.25, -0.2) is 0 Å². The van der Waals surface area contributed by atoms with Gasteiger partial charge in [-0.1, -0.05) is 11.8 Å². The molecule has 0 aliphatic rings. The molecular formula is C8H20Cl2N2OS. The van der Waals surface area contributed by atoms with Crippen LogP contribution < -0.4 is 5.73 Å². The van der Waals surface area contributed by atoms with Crippen molar-refractivity contribution in [3.8, 4) is 0 Å². The molecule has 0 saturated heterocycles. The number of hydrogen-bond acceptors (Lipinski definition) is 4. The first-order chi connectivity index (χ1) is 5.66. The Morgan fingerprint density at radius 2 is 1.93 bits per heavy atom. The topological polar surface area (TPSA) is 46.3 Å². The molecule has 0 saturated carbocycles. The number of carbonyl (C=O) groups is 1. The molecule has 0 aliphatic carbocycles. The van der Waals surface area contributed by atoms with E-state index in [9.17, 15) is 4.79 Å². The minimum atomic E-state index is 0. The molecule has 0 fully saturated rings. The van der Waals surface area contributed by atoms with E-state index in [1.54, 1.807) is 0 Å². The Kier molecular flexibility index (Phi) is 19.3. The summed E-state index contributed by atoms with van der Waals surface area (Å²) in [6, 6.07) is 0. The second-order valence-electron chi connectivity index (χ2n) is 2.92. The number of rotatable bonds is 6. The molecule has 14 heavy (non-hydrogen) atoms. The molecule has 0 aromatic heterocycles. The van der Waals surface area contributed by atoms with E-state index in [1.807, 2.05) is 14.1 Å². The lowest BCUT2D eigenvalue weighted by Crippen LogP contribution is -2.14. The molecule has 0 spiro atoms. The molecular weight excluding hydrogens is 243 g/mol. The first kappa shape index (κ1) is 20.0. The van der Waals surface area contributed by atoms with E-state index in [-0.39, 0.29) is 29.9 Å². The lowest BCUT2D eigenvalue weighted by Gasteiger charge is -2.07. The van der Waals surface area contributed by atoms with Gasteiger partial charge in [0.15, 0.2) is 5.12 Å². The molecule has 3 nitrogen and oxygen atoms in total. The summed E-state index contributed by atoms with van der Waals surface area (Å²) >= 11 is 1.35. The van der Waals surface area contributed by atoms with Gasteiger partial charge in [0.1, 0.15) is 0 Å². The van der Waals surface area contributed by atoms with Gasteiger partial charge in [-0.2, -0.15) is 0 Å². The van der Waals surface area contributed by atoms with Gasteiger partial charge in [0, 0.05) is 18.7 Å². The predicted octanol–water partition coefficient (Wildman–Crippen LogP) is 1.39.